The van der Waals surface area contributed by atoms with Crippen LogP contribution in [-0.4, -0.2) is 47.1 Å². The van der Waals surface area contributed by atoms with E-state index in [0.717, 1.165) is 12.1 Å². The molecule has 17 heavy (non-hydrogen) atoms. The summed E-state index contributed by atoms with van der Waals surface area (Å²) in [5.74, 6) is 0. The van der Waals surface area contributed by atoms with Crippen LogP contribution < -0.4 is 5.73 Å². The quantitative estimate of drug-likeness (QED) is 0.416. The van der Waals surface area contributed by atoms with E-state index in [1.54, 1.807) is 0 Å². The first-order chi connectivity index (χ1) is 7.61. The van der Waals surface area contributed by atoms with Gasteiger partial charge in [-0.3, -0.25) is 0 Å². The number of H-pyrrole nitrogens is 1. The molecule has 6 heteroatoms. The first kappa shape index (κ1) is 19.6. The Morgan fingerprint density at radius 3 is 2.00 bits per heavy atom. The zero-order valence-corrected chi connectivity index (χ0v) is 14.3. The molecule has 0 aliphatic rings. The van der Waals surface area contributed by atoms with Crippen molar-refractivity contribution in [3.8, 4) is 0 Å². The molecule has 0 aromatic carbocycles. The number of nitrogens with zero attached hydrogens (tertiary/aromatic N) is 2. The Morgan fingerprint density at radius 2 is 1.76 bits per heavy atom. The van der Waals surface area contributed by atoms with Crippen LogP contribution in [0.4, 0.5) is 0 Å². The van der Waals surface area contributed by atoms with Gasteiger partial charge in [0.1, 0.15) is 0 Å². The monoisotopic (exact) mass is 441 g/mol. The predicted molar refractivity (Wildman–Crippen MR) is 72.4 cm³/mol. The van der Waals surface area contributed by atoms with E-state index >= 15 is 0 Å². The van der Waals surface area contributed by atoms with Crippen LogP contribution in [-0.2, 0) is 28.8 Å². The number of nitrogens with one attached hydrogen (secondary N) is 1. The first-order valence-corrected chi connectivity index (χ1v) is 8.72. The average Bonchev–Trinajstić information content (AvgIpc) is 2.82. The molecule has 0 bridgehead atoms. The van der Waals surface area contributed by atoms with E-state index in [2.05, 4.69) is 49.0 Å². The molecule has 104 valence electrons. The smallest absolute Gasteiger partial charge is 0.352 e. The number of nitrogens with two attached hydrogens (primary N) is 1. The molecule has 1 aromatic rings. The first-order valence-electron chi connectivity index (χ1n) is 5.93. The number of aromatic nitrogens is 3. The number of hydrogen-bond donors (Lipinski definition) is 2. The van der Waals surface area contributed by atoms with E-state index < -0.39 is 7.26 Å². The summed E-state index contributed by atoms with van der Waals surface area (Å²) in [5.41, 5.74) is 6.09. The standard InChI is InChI=1S/C7H18P.C4H7N4.Au/c1-5-8(4,6-2)7-3;5-2-1-4-3-6-8-7-4;/h5-7H2,1-4H3;1-2,5H2,(H,6,7,8);/q+1;-1;+1. The van der Waals surface area contributed by atoms with Gasteiger partial charge in [0.25, 0.3) is 0 Å². The summed E-state index contributed by atoms with van der Waals surface area (Å²) in [7, 11) is -0.412. The molecule has 3 N–H and O–H groups in total. The topological polar surface area (TPSA) is 67.6 Å². The van der Waals surface area contributed by atoms with Gasteiger partial charge >= 0.3 is 22.4 Å². The maximum atomic E-state index is 5.22. The maximum absolute atomic E-state index is 5.22. The molecule has 1 heterocycles. The van der Waals surface area contributed by atoms with Crippen LogP contribution in [0.2, 0.25) is 0 Å². The van der Waals surface area contributed by atoms with Gasteiger partial charge in [0.05, 0.1) is 18.5 Å². The second kappa shape index (κ2) is 11.4. The molecule has 0 saturated carbocycles. The molecule has 1 rings (SSSR count). The van der Waals surface area contributed by atoms with Crippen molar-refractivity contribution < 1.29 is 22.4 Å². The molecular formula is C11H25AuN4P+. The van der Waals surface area contributed by atoms with Gasteiger partial charge in [-0.15, -0.1) is 10.9 Å². The SMILES string of the molecule is CC[P+](C)(CC)CC.NCCc1[c-]nn[nH]1.[Au+]. The third-order valence-electron chi connectivity index (χ3n) is 3.10. The Balaban J connectivity index is 0. The summed E-state index contributed by atoms with van der Waals surface area (Å²) in [5, 5.41) is 9.55. The molecule has 0 unspecified atom stereocenters. The maximum Gasteiger partial charge on any atom is 1.00 e. The summed E-state index contributed by atoms with van der Waals surface area (Å²) in [6.07, 6.45) is 7.70. The van der Waals surface area contributed by atoms with Crippen LogP contribution in [0.25, 0.3) is 0 Å². The van der Waals surface area contributed by atoms with E-state index in [-0.39, 0.29) is 22.4 Å². The summed E-state index contributed by atoms with van der Waals surface area (Å²) >= 11 is 0. The van der Waals surface area contributed by atoms with Crippen molar-refractivity contribution in [2.24, 2.45) is 5.73 Å². The molecule has 0 atom stereocenters. The summed E-state index contributed by atoms with van der Waals surface area (Å²) < 4.78 is 0. The Labute approximate surface area is 121 Å². The minimum atomic E-state index is -0.412. The van der Waals surface area contributed by atoms with Crippen LogP contribution in [0.1, 0.15) is 26.5 Å². The molecule has 0 radical (unpaired) electrons. The predicted octanol–water partition coefficient (Wildman–Crippen LogP) is 1.80. The van der Waals surface area contributed by atoms with Gasteiger partial charge in [-0.2, -0.15) is 0 Å². The van der Waals surface area contributed by atoms with Crippen molar-refractivity contribution in [3.05, 3.63) is 11.9 Å². The Hall–Kier alpha value is 0.270. The second-order valence-electron chi connectivity index (χ2n) is 4.01. The number of aromatic amines is 1. The van der Waals surface area contributed by atoms with Gasteiger partial charge in [0.2, 0.25) is 0 Å². The molecular weight excluding hydrogens is 416 g/mol. The molecule has 0 saturated heterocycles. The van der Waals surface area contributed by atoms with Crippen molar-refractivity contribution in [1.29, 1.82) is 0 Å². The molecule has 1 aromatic heterocycles. The van der Waals surface area contributed by atoms with E-state index in [1.807, 2.05) is 0 Å². The molecule has 0 aliphatic carbocycles. The van der Waals surface area contributed by atoms with Crippen LogP contribution in [0.5, 0.6) is 0 Å². The van der Waals surface area contributed by atoms with Crippen molar-refractivity contribution >= 4 is 7.26 Å². The van der Waals surface area contributed by atoms with Gasteiger partial charge in [0, 0.05) is 13.9 Å². The Bertz CT molecular complexity index is 242. The normalized spacial score (nSPS) is 10.2. The third kappa shape index (κ3) is 8.92. The minimum Gasteiger partial charge on any atom is -0.352 e. The van der Waals surface area contributed by atoms with E-state index in [4.69, 9.17) is 5.73 Å². The van der Waals surface area contributed by atoms with E-state index in [1.165, 1.54) is 18.5 Å². The number of hydrogen-bond acceptors (Lipinski definition) is 3. The van der Waals surface area contributed by atoms with Gasteiger partial charge in [-0.05, 0) is 33.7 Å². The fraction of sp³-hybridized carbons (Fsp3) is 0.818. The van der Waals surface area contributed by atoms with Crippen molar-refractivity contribution in [1.82, 2.24) is 15.4 Å². The fourth-order valence-corrected chi connectivity index (χ4v) is 2.46. The molecule has 0 amide bonds. The molecule has 0 aliphatic heterocycles. The largest absolute Gasteiger partial charge is 1.00 e. The molecule has 0 spiro atoms. The van der Waals surface area contributed by atoms with Crippen LogP contribution in [0, 0.1) is 6.20 Å². The third-order valence-corrected chi connectivity index (χ3v) is 7.69. The van der Waals surface area contributed by atoms with Gasteiger partial charge in [0.15, 0.2) is 0 Å². The molecule has 4 nitrogen and oxygen atoms in total. The van der Waals surface area contributed by atoms with Gasteiger partial charge < -0.3 is 22.1 Å². The second-order valence-corrected chi connectivity index (χ2v) is 9.15. The minimum absolute atomic E-state index is 0. The Morgan fingerprint density at radius 1 is 1.24 bits per heavy atom. The van der Waals surface area contributed by atoms with Crippen molar-refractivity contribution in [2.75, 3.05) is 31.7 Å². The van der Waals surface area contributed by atoms with E-state index in [0.29, 0.717) is 6.54 Å². The van der Waals surface area contributed by atoms with Gasteiger partial charge in [-0.25, -0.2) is 0 Å². The summed E-state index contributed by atoms with van der Waals surface area (Å²) in [6.45, 7) is 10.0. The van der Waals surface area contributed by atoms with Crippen molar-refractivity contribution in [2.45, 2.75) is 27.2 Å². The Kier molecular flexibility index (Phi) is 13.1. The summed E-state index contributed by atoms with van der Waals surface area (Å²) in [4.78, 5) is 0. The van der Waals surface area contributed by atoms with Crippen LogP contribution in [0.3, 0.4) is 0 Å². The van der Waals surface area contributed by atoms with Crippen LogP contribution >= 0.6 is 7.26 Å². The van der Waals surface area contributed by atoms with Gasteiger partial charge in [-0.1, -0.05) is 0 Å². The summed E-state index contributed by atoms with van der Waals surface area (Å²) in [6, 6.07) is 0. The number of rotatable bonds is 5. The van der Waals surface area contributed by atoms with Crippen molar-refractivity contribution in [3.63, 3.8) is 0 Å². The van der Waals surface area contributed by atoms with Crippen LogP contribution in [0.15, 0.2) is 0 Å². The zero-order chi connectivity index (χ0) is 12.4. The van der Waals surface area contributed by atoms with E-state index in [9.17, 15) is 0 Å². The average molecular weight is 441 g/mol. The fourth-order valence-electron chi connectivity index (χ4n) is 1.12. The molecule has 0 fully saturated rings. The zero-order valence-electron chi connectivity index (χ0n) is 11.3.